The van der Waals surface area contributed by atoms with Crippen molar-refractivity contribution in [3.05, 3.63) is 108 Å². The van der Waals surface area contributed by atoms with E-state index >= 15 is 0 Å². The van der Waals surface area contributed by atoms with Gasteiger partial charge in [-0.3, -0.25) is 14.3 Å². The summed E-state index contributed by atoms with van der Waals surface area (Å²) in [6.45, 7) is 12.9. The fourth-order valence-corrected chi connectivity index (χ4v) is 4.80. The third kappa shape index (κ3) is 6.40. The van der Waals surface area contributed by atoms with Crippen LogP contribution in [-0.4, -0.2) is 39.9 Å². The van der Waals surface area contributed by atoms with Gasteiger partial charge >= 0.3 is 0 Å². The zero-order valence-electron chi connectivity index (χ0n) is 23.1. The molecule has 0 bridgehead atoms. The van der Waals surface area contributed by atoms with E-state index in [4.69, 9.17) is 10.5 Å². The Hall–Kier alpha value is -4.43. The van der Waals surface area contributed by atoms with Gasteiger partial charge < -0.3 is 20.5 Å². The van der Waals surface area contributed by atoms with Crippen LogP contribution in [0.2, 0.25) is 0 Å². The lowest BCUT2D eigenvalue weighted by atomic mass is 9.91. The Kier molecular flexibility index (Phi) is 9.01. The van der Waals surface area contributed by atoms with Gasteiger partial charge in [-0.05, 0) is 67.2 Å². The van der Waals surface area contributed by atoms with Crippen LogP contribution in [0.5, 0.6) is 0 Å². The van der Waals surface area contributed by atoms with Gasteiger partial charge in [0.1, 0.15) is 5.76 Å². The molecule has 0 spiro atoms. The highest BCUT2D eigenvalue weighted by Crippen LogP contribution is 2.40. The predicted octanol–water partition coefficient (Wildman–Crippen LogP) is 5.30. The summed E-state index contributed by atoms with van der Waals surface area (Å²) >= 11 is 0. The lowest BCUT2D eigenvalue weighted by molar-refractivity contribution is -0.119. The topological polar surface area (TPSA) is 111 Å². The number of nitrogens with zero attached hydrogens (tertiary/aromatic N) is 3. The van der Waals surface area contributed by atoms with Crippen molar-refractivity contribution in [3.8, 4) is 11.1 Å². The van der Waals surface area contributed by atoms with Gasteiger partial charge in [0.2, 0.25) is 11.8 Å². The smallest absolute Gasteiger partial charge is 0.248 e. The molecule has 2 heterocycles. The normalized spacial score (nSPS) is 15.2. The predicted molar refractivity (Wildman–Crippen MR) is 157 cm³/mol. The number of amides is 2. The first-order valence-corrected chi connectivity index (χ1v) is 13.3. The van der Waals surface area contributed by atoms with Crippen LogP contribution in [0.3, 0.4) is 0 Å². The van der Waals surface area contributed by atoms with Gasteiger partial charge in [0.05, 0.1) is 31.1 Å². The molecular weight excluding hydrogens is 504 g/mol. The Labute approximate surface area is 235 Å². The van der Waals surface area contributed by atoms with E-state index in [2.05, 4.69) is 18.3 Å². The SMILES string of the molecule is C=C/C(C)=C(/C)C(=C)OCCCC(=O)N1CCC(O)c2c(-c3cnn(Cc4cccc(C(N)=O)c4)c3)cccc21. The average Bonchev–Trinajstić information content (AvgIpc) is 3.42. The van der Waals surface area contributed by atoms with Crippen molar-refractivity contribution in [3.63, 3.8) is 0 Å². The van der Waals surface area contributed by atoms with Gasteiger partial charge in [-0.1, -0.05) is 43.5 Å². The minimum Gasteiger partial charge on any atom is -0.494 e. The second-order valence-electron chi connectivity index (χ2n) is 9.97. The first-order chi connectivity index (χ1) is 19.2. The average molecular weight is 541 g/mol. The highest BCUT2D eigenvalue weighted by molar-refractivity contribution is 5.96. The summed E-state index contributed by atoms with van der Waals surface area (Å²) in [4.78, 5) is 26.5. The van der Waals surface area contributed by atoms with Gasteiger partial charge in [0.25, 0.3) is 0 Å². The fourth-order valence-electron chi connectivity index (χ4n) is 4.80. The Bertz CT molecular complexity index is 1470. The van der Waals surface area contributed by atoms with Gasteiger partial charge in [-0.25, -0.2) is 0 Å². The van der Waals surface area contributed by atoms with E-state index in [-0.39, 0.29) is 5.91 Å². The second kappa shape index (κ2) is 12.6. The molecule has 1 aliphatic rings. The van der Waals surface area contributed by atoms with Gasteiger partial charge in [-0.15, -0.1) is 0 Å². The number of nitrogens with two attached hydrogens (primary N) is 1. The van der Waals surface area contributed by atoms with E-state index in [1.54, 1.807) is 40.1 Å². The maximum absolute atomic E-state index is 13.2. The standard InChI is InChI=1S/C32H36N4O4/c1-5-21(2)22(3)23(4)40-16-8-13-30(38)36-15-14-29(37)31-27(11-7-12-28(31)36)26-18-34-35(20-26)19-24-9-6-10-25(17-24)32(33)39/h5-7,9-12,17-18,20,29,37H,1,4,8,13-16,19H2,2-3H3,(H2,33,39)/b22-21-. The molecule has 8 heteroatoms. The quantitative estimate of drug-likeness (QED) is 0.195. The zero-order valence-corrected chi connectivity index (χ0v) is 23.1. The van der Waals surface area contributed by atoms with Crippen LogP contribution in [0.25, 0.3) is 11.1 Å². The zero-order chi connectivity index (χ0) is 28.8. The molecule has 0 saturated carbocycles. The monoisotopic (exact) mass is 540 g/mol. The molecule has 40 heavy (non-hydrogen) atoms. The number of rotatable bonds is 11. The molecule has 8 nitrogen and oxygen atoms in total. The Morgan fingerprint density at radius 2 is 2.00 bits per heavy atom. The summed E-state index contributed by atoms with van der Waals surface area (Å²) in [7, 11) is 0. The van der Waals surface area contributed by atoms with Crippen LogP contribution in [0.1, 0.15) is 60.7 Å². The molecule has 4 rings (SSSR count). The molecule has 2 amide bonds. The number of aliphatic hydroxyl groups is 1. The summed E-state index contributed by atoms with van der Waals surface area (Å²) in [6.07, 6.45) is 6.03. The van der Waals surface area contributed by atoms with Crippen molar-refractivity contribution < 1.29 is 19.4 Å². The molecule has 1 aliphatic heterocycles. The lowest BCUT2D eigenvalue weighted by Gasteiger charge is -2.33. The molecule has 1 unspecified atom stereocenters. The van der Waals surface area contributed by atoms with Gasteiger partial charge in [0.15, 0.2) is 0 Å². The Morgan fingerprint density at radius 3 is 2.75 bits per heavy atom. The van der Waals surface area contributed by atoms with E-state index in [0.29, 0.717) is 56.0 Å². The number of fused-ring (bicyclic) bond motifs is 1. The van der Waals surface area contributed by atoms with Crippen molar-refractivity contribution in [2.45, 2.75) is 45.8 Å². The van der Waals surface area contributed by atoms with Crippen molar-refractivity contribution in [1.29, 1.82) is 0 Å². The van der Waals surface area contributed by atoms with E-state index < -0.39 is 12.0 Å². The molecule has 3 N–H and O–H groups in total. The van der Waals surface area contributed by atoms with E-state index in [9.17, 15) is 14.7 Å². The third-order valence-electron chi connectivity index (χ3n) is 7.26. The van der Waals surface area contributed by atoms with Crippen LogP contribution >= 0.6 is 0 Å². The maximum Gasteiger partial charge on any atom is 0.248 e. The molecule has 0 saturated heterocycles. The van der Waals surface area contributed by atoms with Gasteiger partial charge in [0, 0.05) is 35.9 Å². The first kappa shape index (κ1) is 28.6. The molecule has 0 fully saturated rings. The summed E-state index contributed by atoms with van der Waals surface area (Å²) < 4.78 is 7.52. The number of hydrogen-bond acceptors (Lipinski definition) is 5. The summed E-state index contributed by atoms with van der Waals surface area (Å²) in [5.74, 6) is 0.0944. The molecule has 0 radical (unpaired) electrons. The summed E-state index contributed by atoms with van der Waals surface area (Å²) in [5.41, 5.74) is 11.8. The number of allylic oxidation sites excluding steroid dienone is 3. The van der Waals surface area contributed by atoms with E-state index in [1.807, 2.05) is 44.3 Å². The van der Waals surface area contributed by atoms with Crippen LogP contribution in [-0.2, 0) is 16.1 Å². The second-order valence-corrected chi connectivity index (χ2v) is 9.97. The minimum atomic E-state index is -0.694. The maximum atomic E-state index is 13.2. The molecular formula is C32H36N4O4. The van der Waals surface area contributed by atoms with Crippen molar-refractivity contribution in [2.75, 3.05) is 18.1 Å². The van der Waals surface area contributed by atoms with E-state index in [0.717, 1.165) is 33.4 Å². The fraction of sp³-hybridized carbons (Fsp3) is 0.281. The third-order valence-corrected chi connectivity index (χ3v) is 7.26. The molecule has 1 atom stereocenters. The van der Waals surface area contributed by atoms with Crippen molar-refractivity contribution >= 4 is 17.5 Å². The largest absolute Gasteiger partial charge is 0.494 e. The molecule has 0 aliphatic carbocycles. The minimum absolute atomic E-state index is 0.0147. The van der Waals surface area contributed by atoms with Crippen molar-refractivity contribution in [1.82, 2.24) is 9.78 Å². The highest BCUT2D eigenvalue weighted by atomic mass is 16.5. The molecule has 208 valence electrons. The van der Waals surface area contributed by atoms with Crippen LogP contribution in [0, 0.1) is 0 Å². The first-order valence-electron chi connectivity index (χ1n) is 13.3. The Morgan fingerprint density at radius 1 is 1.23 bits per heavy atom. The van der Waals surface area contributed by atoms with Gasteiger partial charge in [-0.2, -0.15) is 5.10 Å². The number of anilines is 1. The van der Waals surface area contributed by atoms with Crippen LogP contribution in [0.4, 0.5) is 5.69 Å². The Balaban J connectivity index is 1.47. The number of carbonyl (C=O) groups is 2. The number of aromatic nitrogens is 2. The number of hydrogen-bond donors (Lipinski definition) is 2. The number of aliphatic hydroxyl groups excluding tert-OH is 1. The van der Waals surface area contributed by atoms with E-state index in [1.165, 1.54) is 0 Å². The number of carbonyl (C=O) groups excluding carboxylic acids is 2. The van der Waals surface area contributed by atoms with Crippen molar-refractivity contribution in [2.24, 2.45) is 5.73 Å². The molecule has 1 aromatic heterocycles. The number of primary amides is 1. The van der Waals surface area contributed by atoms with Crippen LogP contribution < -0.4 is 10.6 Å². The lowest BCUT2D eigenvalue weighted by Crippen LogP contribution is -2.37. The number of benzene rings is 2. The highest BCUT2D eigenvalue weighted by Gasteiger charge is 2.30. The van der Waals surface area contributed by atoms with Crippen LogP contribution in [0.15, 0.2) is 91.0 Å². The summed E-state index contributed by atoms with van der Waals surface area (Å²) in [6, 6.07) is 12.8. The summed E-state index contributed by atoms with van der Waals surface area (Å²) in [5, 5.41) is 15.5. The molecule has 3 aromatic rings. The number of ether oxygens (including phenoxy) is 1. The molecule has 2 aromatic carbocycles.